The number of hydrogen-bond acceptors (Lipinski definition) is 2. The molecular formula is C12H13BrN2O. The highest BCUT2D eigenvalue weighted by molar-refractivity contribution is 9.10. The lowest BCUT2D eigenvalue weighted by Crippen LogP contribution is -2.09. The number of rotatable bonds is 3. The van der Waals surface area contributed by atoms with E-state index in [0.29, 0.717) is 6.54 Å². The number of hydrogen-bond donors (Lipinski definition) is 1. The highest BCUT2D eigenvalue weighted by Crippen LogP contribution is 2.17. The lowest BCUT2D eigenvalue weighted by molar-refractivity contribution is 0.151. The van der Waals surface area contributed by atoms with Crippen LogP contribution in [0.25, 0.3) is 0 Å². The maximum Gasteiger partial charge on any atom is 0.0985 e. The van der Waals surface area contributed by atoms with E-state index in [4.69, 9.17) is 0 Å². The molecule has 0 aliphatic rings. The van der Waals surface area contributed by atoms with Crippen LogP contribution in [0.4, 0.5) is 0 Å². The normalized spacial score (nSPS) is 12.7. The second-order valence-corrected chi connectivity index (χ2v) is 4.73. The third-order valence-corrected chi connectivity index (χ3v) is 2.80. The van der Waals surface area contributed by atoms with Crippen molar-refractivity contribution < 1.29 is 5.11 Å². The molecule has 0 aliphatic carbocycles. The van der Waals surface area contributed by atoms with Gasteiger partial charge in [-0.25, -0.2) is 0 Å². The van der Waals surface area contributed by atoms with E-state index in [0.717, 1.165) is 15.6 Å². The van der Waals surface area contributed by atoms with Crippen LogP contribution in [0.3, 0.4) is 0 Å². The second kappa shape index (κ2) is 4.80. The zero-order chi connectivity index (χ0) is 11.5. The summed E-state index contributed by atoms with van der Waals surface area (Å²) in [5, 5.41) is 14.1. The SMILES string of the molecule is Cc1cccc(C(O)Cn2cc(Br)cn2)c1. The summed E-state index contributed by atoms with van der Waals surface area (Å²) in [5.41, 5.74) is 2.07. The van der Waals surface area contributed by atoms with Gasteiger partial charge in [0.2, 0.25) is 0 Å². The van der Waals surface area contributed by atoms with Crippen molar-refractivity contribution in [3.8, 4) is 0 Å². The van der Waals surface area contributed by atoms with E-state index in [-0.39, 0.29) is 0 Å². The van der Waals surface area contributed by atoms with Crippen molar-refractivity contribution in [2.45, 2.75) is 19.6 Å². The molecule has 1 aromatic heterocycles. The molecule has 0 aliphatic heterocycles. The predicted octanol–water partition coefficient (Wildman–Crippen LogP) is 2.69. The molecule has 2 aromatic rings. The first-order valence-corrected chi connectivity index (χ1v) is 5.87. The number of aliphatic hydroxyl groups excluding tert-OH is 1. The lowest BCUT2D eigenvalue weighted by atomic mass is 10.1. The van der Waals surface area contributed by atoms with Gasteiger partial charge in [-0.3, -0.25) is 4.68 Å². The van der Waals surface area contributed by atoms with Crippen LogP contribution in [-0.4, -0.2) is 14.9 Å². The Morgan fingerprint density at radius 3 is 2.94 bits per heavy atom. The Bertz CT molecular complexity index is 481. The summed E-state index contributed by atoms with van der Waals surface area (Å²) in [6.45, 7) is 2.48. The van der Waals surface area contributed by atoms with Crippen LogP contribution in [0.15, 0.2) is 41.1 Å². The first-order valence-electron chi connectivity index (χ1n) is 5.08. The van der Waals surface area contributed by atoms with Crippen LogP contribution in [0.1, 0.15) is 17.2 Å². The van der Waals surface area contributed by atoms with Crippen molar-refractivity contribution in [1.82, 2.24) is 9.78 Å². The van der Waals surface area contributed by atoms with Crippen LogP contribution < -0.4 is 0 Å². The molecule has 84 valence electrons. The quantitative estimate of drug-likeness (QED) is 0.939. The average molecular weight is 281 g/mol. The molecule has 16 heavy (non-hydrogen) atoms. The minimum atomic E-state index is -0.522. The van der Waals surface area contributed by atoms with Crippen LogP contribution in [0, 0.1) is 6.92 Å². The summed E-state index contributed by atoms with van der Waals surface area (Å²) in [6.07, 6.45) is 3.04. The molecule has 2 rings (SSSR count). The summed E-state index contributed by atoms with van der Waals surface area (Å²) in [6, 6.07) is 7.88. The third kappa shape index (κ3) is 2.71. The molecule has 3 nitrogen and oxygen atoms in total. The van der Waals surface area contributed by atoms with Gasteiger partial charge in [0.1, 0.15) is 0 Å². The standard InChI is InChI=1S/C12H13BrN2O/c1-9-3-2-4-10(5-9)12(16)8-15-7-11(13)6-14-15/h2-7,12,16H,8H2,1H3. The molecule has 4 heteroatoms. The van der Waals surface area contributed by atoms with E-state index >= 15 is 0 Å². The first kappa shape index (κ1) is 11.4. The van der Waals surface area contributed by atoms with Gasteiger partial charge in [-0.05, 0) is 28.4 Å². The van der Waals surface area contributed by atoms with Crippen molar-refractivity contribution in [2.75, 3.05) is 0 Å². The minimum Gasteiger partial charge on any atom is -0.386 e. The smallest absolute Gasteiger partial charge is 0.0985 e. The summed E-state index contributed by atoms with van der Waals surface area (Å²) in [5.74, 6) is 0. The molecule has 0 saturated heterocycles. The van der Waals surface area contributed by atoms with E-state index in [9.17, 15) is 5.11 Å². The van der Waals surface area contributed by atoms with Gasteiger partial charge < -0.3 is 5.11 Å². The maximum absolute atomic E-state index is 10.0. The van der Waals surface area contributed by atoms with Gasteiger partial charge >= 0.3 is 0 Å². The number of aryl methyl sites for hydroxylation is 1. The van der Waals surface area contributed by atoms with Gasteiger partial charge in [0, 0.05) is 6.20 Å². The fourth-order valence-corrected chi connectivity index (χ4v) is 1.93. The number of halogens is 1. The highest BCUT2D eigenvalue weighted by atomic mass is 79.9. The number of aromatic nitrogens is 2. The number of benzene rings is 1. The van der Waals surface area contributed by atoms with Gasteiger partial charge in [0.05, 0.1) is 23.3 Å². The highest BCUT2D eigenvalue weighted by Gasteiger charge is 2.08. The fraction of sp³-hybridized carbons (Fsp3) is 0.250. The Morgan fingerprint density at radius 1 is 1.50 bits per heavy atom. The average Bonchev–Trinajstić information content (AvgIpc) is 2.64. The molecule has 0 fully saturated rings. The Morgan fingerprint density at radius 2 is 2.31 bits per heavy atom. The Labute approximate surface area is 103 Å². The van der Waals surface area contributed by atoms with E-state index in [2.05, 4.69) is 21.0 Å². The third-order valence-electron chi connectivity index (χ3n) is 2.39. The van der Waals surface area contributed by atoms with Crippen LogP contribution in [-0.2, 0) is 6.54 Å². The Kier molecular flexibility index (Phi) is 3.41. The maximum atomic E-state index is 10.0. The van der Waals surface area contributed by atoms with Crippen molar-refractivity contribution in [1.29, 1.82) is 0 Å². The van der Waals surface area contributed by atoms with Gasteiger partial charge in [-0.15, -0.1) is 0 Å². The second-order valence-electron chi connectivity index (χ2n) is 3.81. The molecule has 1 aromatic carbocycles. The molecular weight excluding hydrogens is 268 g/mol. The minimum absolute atomic E-state index is 0.467. The summed E-state index contributed by atoms with van der Waals surface area (Å²) in [4.78, 5) is 0. The topological polar surface area (TPSA) is 38.0 Å². The zero-order valence-corrected chi connectivity index (χ0v) is 10.6. The van der Waals surface area contributed by atoms with E-state index in [1.807, 2.05) is 37.4 Å². The van der Waals surface area contributed by atoms with E-state index < -0.39 is 6.10 Å². The molecule has 0 saturated carbocycles. The van der Waals surface area contributed by atoms with Gasteiger partial charge in [-0.2, -0.15) is 5.10 Å². The Hall–Kier alpha value is -1.13. The Balaban J connectivity index is 2.11. The van der Waals surface area contributed by atoms with Crippen molar-refractivity contribution >= 4 is 15.9 Å². The molecule has 1 atom stereocenters. The molecule has 1 heterocycles. The molecule has 0 radical (unpaired) electrons. The van der Waals surface area contributed by atoms with Crippen molar-refractivity contribution in [3.63, 3.8) is 0 Å². The monoisotopic (exact) mass is 280 g/mol. The number of aliphatic hydroxyl groups is 1. The van der Waals surface area contributed by atoms with Gasteiger partial charge in [0.25, 0.3) is 0 Å². The van der Waals surface area contributed by atoms with E-state index in [1.165, 1.54) is 0 Å². The fourth-order valence-electron chi connectivity index (χ4n) is 1.60. The molecule has 1 N–H and O–H groups in total. The zero-order valence-electron chi connectivity index (χ0n) is 8.97. The van der Waals surface area contributed by atoms with Crippen LogP contribution in [0.5, 0.6) is 0 Å². The van der Waals surface area contributed by atoms with Crippen LogP contribution >= 0.6 is 15.9 Å². The molecule has 0 bridgehead atoms. The van der Waals surface area contributed by atoms with Gasteiger partial charge in [0.15, 0.2) is 0 Å². The molecule has 1 unspecified atom stereocenters. The van der Waals surface area contributed by atoms with Crippen molar-refractivity contribution in [3.05, 3.63) is 52.3 Å². The number of nitrogens with zero attached hydrogens (tertiary/aromatic N) is 2. The van der Waals surface area contributed by atoms with Gasteiger partial charge in [-0.1, -0.05) is 29.8 Å². The first-order chi connectivity index (χ1) is 7.65. The largest absolute Gasteiger partial charge is 0.386 e. The summed E-state index contributed by atoms with van der Waals surface area (Å²) in [7, 11) is 0. The lowest BCUT2D eigenvalue weighted by Gasteiger charge is -2.11. The molecule has 0 amide bonds. The summed E-state index contributed by atoms with van der Waals surface area (Å²) >= 11 is 3.32. The van der Waals surface area contributed by atoms with Crippen molar-refractivity contribution in [2.24, 2.45) is 0 Å². The van der Waals surface area contributed by atoms with E-state index in [1.54, 1.807) is 10.9 Å². The molecule has 0 spiro atoms. The van der Waals surface area contributed by atoms with Crippen LogP contribution in [0.2, 0.25) is 0 Å². The summed E-state index contributed by atoms with van der Waals surface area (Å²) < 4.78 is 2.64. The predicted molar refractivity (Wildman–Crippen MR) is 66.1 cm³/mol.